The molecule has 1 heterocycles. The predicted molar refractivity (Wildman–Crippen MR) is 78.9 cm³/mol. The van der Waals surface area contributed by atoms with Crippen molar-refractivity contribution in [2.45, 2.75) is 12.3 Å². The molecule has 0 N–H and O–H groups in total. The molecule has 96 valence electrons. The standard InChI is InChI=1S/C14H16BrNOS/c15-11-3-1-10(2-4-11)12-9-13(12)14(17)16-5-7-18-8-6-16/h1-4,12-13H,5-9H2/t12-,13+/m1/s1. The molecule has 2 aliphatic rings. The molecule has 2 atom stereocenters. The average molecular weight is 326 g/mol. The van der Waals surface area contributed by atoms with Crippen molar-refractivity contribution < 1.29 is 4.79 Å². The molecule has 3 rings (SSSR count). The van der Waals surface area contributed by atoms with E-state index >= 15 is 0 Å². The Balaban J connectivity index is 1.63. The molecule has 18 heavy (non-hydrogen) atoms. The van der Waals surface area contributed by atoms with Crippen molar-refractivity contribution in [2.24, 2.45) is 5.92 Å². The summed E-state index contributed by atoms with van der Waals surface area (Å²) in [5.41, 5.74) is 1.31. The van der Waals surface area contributed by atoms with Crippen molar-refractivity contribution in [3.8, 4) is 0 Å². The van der Waals surface area contributed by atoms with Gasteiger partial charge in [0.25, 0.3) is 0 Å². The monoisotopic (exact) mass is 325 g/mol. The SMILES string of the molecule is O=C([C@H]1C[C@@H]1c1ccc(Br)cc1)N1CCSCC1. The maximum Gasteiger partial charge on any atom is 0.226 e. The fourth-order valence-corrected chi connectivity index (χ4v) is 3.73. The highest BCUT2D eigenvalue weighted by Gasteiger charge is 2.45. The second kappa shape index (κ2) is 5.25. The number of thioether (sulfide) groups is 1. The quantitative estimate of drug-likeness (QED) is 0.832. The number of rotatable bonds is 2. The predicted octanol–water partition coefficient (Wildman–Crippen LogP) is 3.13. The summed E-state index contributed by atoms with van der Waals surface area (Å²) in [6.45, 7) is 1.88. The zero-order chi connectivity index (χ0) is 12.5. The highest BCUT2D eigenvalue weighted by Crippen LogP contribution is 2.48. The Morgan fingerprint density at radius 2 is 1.89 bits per heavy atom. The second-order valence-corrected chi connectivity index (χ2v) is 7.08. The number of carbonyl (C=O) groups is 1. The number of hydrogen-bond donors (Lipinski definition) is 0. The first-order valence-electron chi connectivity index (χ1n) is 6.38. The maximum absolute atomic E-state index is 12.3. The first-order valence-corrected chi connectivity index (χ1v) is 8.32. The summed E-state index contributed by atoms with van der Waals surface area (Å²) in [5, 5.41) is 0. The van der Waals surface area contributed by atoms with Gasteiger partial charge >= 0.3 is 0 Å². The number of halogens is 1. The van der Waals surface area contributed by atoms with Gasteiger partial charge in [0.2, 0.25) is 5.91 Å². The molecule has 0 unspecified atom stereocenters. The van der Waals surface area contributed by atoms with Crippen LogP contribution in [0.4, 0.5) is 0 Å². The Labute approximate surface area is 120 Å². The van der Waals surface area contributed by atoms with Crippen molar-refractivity contribution in [3.63, 3.8) is 0 Å². The van der Waals surface area contributed by atoms with Crippen LogP contribution in [0.2, 0.25) is 0 Å². The van der Waals surface area contributed by atoms with E-state index in [2.05, 4.69) is 45.1 Å². The van der Waals surface area contributed by atoms with E-state index < -0.39 is 0 Å². The van der Waals surface area contributed by atoms with Gasteiger partial charge in [-0.1, -0.05) is 28.1 Å². The fourth-order valence-electron chi connectivity index (χ4n) is 2.56. The van der Waals surface area contributed by atoms with Gasteiger partial charge in [0.1, 0.15) is 0 Å². The third-order valence-corrected chi connectivity index (χ3v) is 5.20. The molecule has 0 spiro atoms. The van der Waals surface area contributed by atoms with Crippen LogP contribution in [0, 0.1) is 5.92 Å². The van der Waals surface area contributed by atoms with E-state index in [9.17, 15) is 4.79 Å². The van der Waals surface area contributed by atoms with Crippen molar-refractivity contribution >= 4 is 33.6 Å². The lowest BCUT2D eigenvalue weighted by Gasteiger charge is -2.26. The largest absolute Gasteiger partial charge is 0.341 e. The average Bonchev–Trinajstić information content (AvgIpc) is 3.20. The number of hydrogen-bond acceptors (Lipinski definition) is 2. The Bertz CT molecular complexity index is 442. The normalized spacial score (nSPS) is 27.1. The number of nitrogens with zero attached hydrogens (tertiary/aromatic N) is 1. The number of amides is 1. The Kier molecular flexibility index (Phi) is 3.66. The van der Waals surface area contributed by atoms with Crippen LogP contribution in [0.3, 0.4) is 0 Å². The first kappa shape index (κ1) is 12.5. The van der Waals surface area contributed by atoms with E-state index in [0.29, 0.717) is 11.8 Å². The Morgan fingerprint density at radius 3 is 2.56 bits per heavy atom. The minimum absolute atomic E-state index is 0.245. The van der Waals surface area contributed by atoms with Gasteiger partial charge in [-0.05, 0) is 30.0 Å². The Morgan fingerprint density at radius 1 is 1.22 bits per heavy atom. The number of benzene rings is 1. The minimum atomic E-state index is 0.245. The van der Waals surface area contributed by atoms with E-state index in [1.54, 1.807) is 0 Å². The fraction of sp³-hybridized carbons (Fsp3) is 0.500. The molecule has 1 saturated carbocycles. The van der Waals surface area contributed by atoms with Crippen LogP contribution in [0.25, 0.3) is 0 Å². The van der Waals surface area contributed by atoms with E-state index in [0.717, 1.165) is 35.5 Å². The zero-order valence-electron chi connectivity index (χ0n) is 10.1. The summed E-state index contributed by atoms with van der Waals surface area (Å²) in [6, 6.07) is 8.39. The van der Waals surface area contributed by atoms with Crippen LogP contribution >= 0.6 is 27.7 Å². The second-order valence-electron chi connectivity index (χ2n) is 4.94. The molecule has 0 bridgehead atoms. The van der Waals surface area contributed by atoms with Crippen LogP contribution < -0.4 is 0 Å². The lowest BCUT2D eigenvalue weighted by Crippen LogP contribution is -2.39. The first-order chi connectivity index (χ1) is 8.75. The summed E-state index contributed by atoms with van der Waals surface area (Å²) in [4.78, 5) is 14.4. The van der Waals surface area contributed by atoms with Crippen LogP contribution in [-0.2, 0) is 4.79 Å². The van der Waals surface area contributed by atoms with Gasteiger partial charge in [-0.2, -0.15) is 11.8 Å². The van der Waals surface area contributed by atoms with Crippen LogP contribution in [0.1, 0.15) is 17.9 Å². The van der Waals surface area contributed by atoms with E-state index in [1.165, 1.54) is 5.56 Å². The molecule has 2 fully saturated rings. The highest BCUT2D eigenvalue weighted by atomic mass is 79.9. The number of carbonyl (C=O) groups excluding carboxylic acids is 1. The van der Waals surface area contributed by atoms with Crippen LogP contribution in [0.15, 0.2) is 28.7 Å². The van der Waals surface area contributed by atoms with Crippen LogP contribution in [-0.4, -0.2) is 35.4 Å². The summed E-state index contributed by atoms with van der Waals surface area (Å²) in [5.74, 6) is 3.28. The minimum Gasteiger partial charge on any atom is -0.341 e. The molecule has 1 amide bonds. The van der Waals surface area contributed by atoms with Gasteiger partial charge in [0, 0.05) is 35.0 Å². The van der Waals surface area contributed by atoms with Gasteiger partial charge in [0.05, 0.1) is 0 Å². The molecule has 0 radical (unpaired) electrons. The molecule has 4 heteroatoms. The molecule has 1 aliphatic heterocycles. The van der Waals surface area contributed by atoms with Gasteiger partial charge in [-0.15, -0.1) is 0 Å². The zero-order valence-corrected chi connectivity index (χ0v) is 12.5. The smallest absolute Gasteiger partial charge is 0.226 e. The highest BCUT2D eigenvalue weighted by molar-refractivity contribution is 9.10. The van der Waals surface area contributed by atoms with E-state index in [1.807, 2.05) is 11.8 Å². The van der Waals surface area contributed by atoms with Gasteiger partial charge in [-0.3, -0.25) is 4.79 Å². The third-order valence-electron chi connectivity index (χ3n) is 3.73. The third kappa shape index (κ3) is 2.59. The molecular weight excluding hydrogens is 310 g/mol. The molecule has 1 aromatic rings. The summed E-state index contributed by atoms with van der Waals surface area (Å²) < 4.78 is 1.10. The molecule has 2 nitrogen and oxygen atoms in total. The van der Waals surface area contributed by atoms with Gasteiger partial charge in [0.15, 0.2) is 0 Å². The summed E-state index contributed by atoms with van der Waals surface area (Å²) in [7, 11) is 0. The molecule has 0 aromatic heterocycles. The van der Waals surface area contributed by atoms with E-state index in [-0.39, 0.29) is 5.92 Å². The molecule has 1 saturated heterocycles. The van der Waals surface area contributed by atoms with E-state index in [4.69, 9.17) is 0 Å². The molecule has 1 aliphatic carbocycles. The van der Waals surface area contributed by atoms with Crippen molar-refractivity contribution in [3.05, 3.63) is 34.3 Å². The van der Waals surface area contributed by atoms with Crippen molar-refractivity contribution in [2.75, 3.05) is 24.6 Å². The molecular formula is C14H16BrNOS. The van der Waals surface area contributed by atoms with Gasteiger partial charge < -0.3 is 4.90 Å². The van der Waals surface area contributed by atoms with Crippen molar-refractivity contribution in [1.29, 1.82) is 0 Å². The maximum atomic E-state index is 12.3. The summed E-state index contributed by atoms with van der Waals surface area (Å²) in [6.07, 6.45) is 1.03. The topological polar surface area (TPSA) is 20.3 Å². The lowest BCUT2D eigenvalue weighted by molar-refractivity contribution is -0.132. The van der Waals surface area contributed by atoms with Crippen LogP contribution in [0.5, 0.6) is 0 Å². The Hall–Kier alpha value is -0.480. The lowest BCUT2D eigenvalue weighted by atomic mass is 10.1. The van der Waals surface area contributed by atoms with Crippen molar-refractivity contribution in [1.82, 2.24) is 4.90 Å². The van der Waals surface area contributed by atoms with Gasteiger partial charge in [-0.25, -0.2) is 0 Å². The summed E-state index contributed by atoms with van der Waals surface area (Å²) >= 11 is 5.39. The molecule has 1 aromatic carbocycles.